The van der Waals surface area contributed by atoms with Gasteiger partial charge >= 0.3 is 6.18 Å². The molecule has 3 nitrogen and oxygen atoms in total. The number of benzene rings is 1. The lowest BCUT2D eigenvalue weighted by Crippen LogP contribution is -2.09. The molecule has 1 N–H and O–H groups in total. The molecule has 2 rings (SSSR count). The molecule has 0 aliphatic carbocycles. The van der Waals surface area contributed by atoms with Crippen molar-refractivity contribution in [2.75, 3.05) is 0 Å². The highest BCUT2D eigenvalue weighted by atomic mass is 19.4. The predicted octanol–water partition coefficient (Wildman–Crippen LogP) is 3.18. The molecule has 1 heterocycles. The smallest absolute Gasteiger partial charge is 0.435 e. The Morgan fingerprint density at radius 3 is 2.17 bits per heavy atom. The Bertz CT molecular complexity index is 565. The number of halogens is 3. The van der Waals surface area contributed by atoms with Crippen molar-refractivity contribution in [2.45, 2.75) is 13.1 Å². The minimum absolute atomic E-state index is 0.0306. The maximum atomic E-state index is 12.3. The molecular weight excluding hydrogens is 245 g/mol. The molecule has 2 aromatic rings. The predicted molar refractivity (Wildman–Crippen MR) is 58.9 cm³/mol. The third-order valence-electron chi connectivity index (χ3n) is 2.39. The highest BCUT2D eigenvalue weighted by molar-refractivity contribution is 5.65. The first kappa shape index (κ1) is 12.3. The zero-order valence-electron chi connectivity index (χ0n) is 9.36. The standard InChI is InChI=1S/C12H9F3N2O/c1-7-2-4-8(5-3-7)11-9(18)6-10(16-17-11)12(13,14)15/h2-6H,1H3,(H,16,18). The van der Waals surface area contributed by atoms with Gasteiger partial charge in [-0.3, -0.25) is 0 Å². The Morgan fingerprint density at radius 1 is 1.06 bits per heavy atom. The van der Waals surface area contributed by atoms with Crippen molar-refractivity contribution in [3.63, 3.8) is 0 Å². The van der Waals surface area contributed by atoms with Crippen molar-refractivity contribution in [3.8, 4) is 17.0 Å². The molecule has 0 spiro atoms. The van der Waals surface area contributed by atoms with E-state index in [2.05, 4.69) is 10.2 Å². The maximum Gasteiger partial charge on any atom is 0.435 e. The van der Waals surface area contributed by atoms with Crippen LogP contribution in [0.1, 0.15) is 11.3 Å². The molecule has 6 heteroatoms. The van der Waals surface area contributed by atoms with Crippen LogP contribution in [0.25, 0.3) is 11.3 Å². The number of aromatic nitrogens is 2. The van der Waals surface area contributed by atoms with Crippen LogP contribution in [-0.2, 0) is 6.18 Å². The molecule has 0 radical (unpaired) electrons. The molecule has 0 amide bonds. The molecule has 0 bridgehead atoms. The molecule has 18 heavy (non-hydrogen) atoms. The van der Waals surface area contributed by atoms with Crippen LogP contribution >= 0.6 is 0 Å². The van der Waals surface area contributed by atoms with E-state index in [0.717, 1.165) is 5.56 Å². The molecule has 1 aromatic heterocycles. The van der Waals surface area contributed by atoms with Crippen LogP contribution in [0.15, 0.2) is 30.3 Å². The fourth-order valence-corrected chi connectivity index (χ4v) is 1.44. The van der Waals surface area contributed by atoms with Gasteiger partial charge in [0.05, 0.1) is 0 Å². The summed E-state index contributed by atoms with van der Waals surface area (Å²) in [7, 11) is 0. The molecule has 0 atom stereocenters. The van der Waals surface area contributed by atoms with E-state index >= 15 is 0 Å². The van der Waals surface area contributed by atoms with Gasteiger partial charge in [-0.1, -0.05) is 29.8 Å². The van der Waals surface area contributed by atoms with Crippen molar-refractivity contribution in [1.82, 2.24) is 10.2 Å². The van der Waals surface area contributed by atoms with Crippen LogP contribution < -0.4 is 0 Å². The second kappa shape index (κ2) is 4.29. The molecule has 0 saturated heterocycles. The third kappa shape index (κ3) is 2.42. The number of aromatic hydroxyl groups is 1. The van der Waals surface area contributed by atoms with Crippen molar-refractivity contribution in [3.05, 3.63) is 41.6 Å². The summed E-state index contributed by atoms with van der Waals surface area (Å²) in [6.07, 6.45) is -4.61. The summed E-state index contributed by atoms with van der Waals surface area (Å²) in [6.45, 7) is 1.88. The SMILES string of the molecule is Cc1ccc(-c2nnc(C(F)(F)F)cc2O)cc1. The highest BCUT2D eigenvalue weighted by Gasteiger charge is 2.34. The molecule has 94 valence electrons. The van der Waals surface area contributed by atoms with Crippen LogP contribution in [0.5, 0.6) is 5.75 Å². The lowest BCUT2D eigenvalue weighted by Gasteiger charge is -2.08. The molecule has 0 fully saturated rings. The second-order valence-corrected chi connectivity index (χ2v) is 3.83. The van der Waals surface area contributed by atoms with Gasteiger partial charge in [0.25, 0.3) is 0 Å². The lowest BCUT2D eigenvalue weighted by molar-refractivity contribution is -0.141. The van der Waals surface area contributed by atoms with Gasteiger partial charge in [-0.25, -0.2) is 0 Å². The zero-order valence-corrected chi connectivity index (χ0v) is 9.36. The Hall–Kier alpha value is -2.11. The van der Waals surface area contributed by atoms with Gasteiger partial charge in [-0.05, 0) is 6.92 Å². The van der Waals surface area contributed by atoms with Crippen LogP contribution in [0.2, 0.25) is 0 Å². The lowest BCUT2D eigenvalue weighted by atomic mass is 10.1. The number of hydrogen-bond donors (Lipinski definition) is 1. The first-order valence-electron chi connectivity index (χ1n) is 5.09. The number of aryl methyl sites for hydroxylation is 1. The molecule has 0 saturated carbocycles. The van der Waals surface area contributed by atoms with Crippen LogP contribution in [0.4, 0.5) is 13.2 Å². The minimum Gasteiger partial charge on any atom is -0.506 e. The van der Waals surface area contributed by atoms with Gasteiger partial charge in [0.15, 0.2) is 5.69 Å². The zero-order chi connectivity index (χ0) is 13.3. The molecule has 0 unspecified atom stereocenters. The largest absolute Gasteiger partial charge is 0.506 e. The summed E-state index contributed by atoms with van der Waals surface area (Å²) >= 11 is 0. The Kier molecular flexibility index (Phi) is 2.94. The maximum absolute atomic E-state index is 12.3. The Labute approximate surface area is 101 Å². The van der Waals surface area contributed by atoms with Crippen molar-refractivity contribution >= 4 is 0 Å². The molecule has 0 aliphatic rings. The van der Waals surface area contributed by atoms with Gasteiger partial charge in [0.1, 0.15) is 11.4 Å². The molecule has 1 aromatic carbocycles. The summed E-state index contributed by atoms with van der Waals surface area (Å²) in [5.74, 6) is -0.541. The average Bonchev–Trinajstić information content (AvgIpc) is 2.29. The van der Waals surface area contributed by atoms with Crippen LogP contribution in [0.3, 0.4) is 0 Å². The number of hydrogen-bond acceptors (Lipinski definition) is 3. The van der Waals surface area contributed by atoms with E-state index in [1.807, 2.05) is 6.92 Å². The van der Waals surface area contributed by atoms with Crippen LogP contribution in [-0.4, -0.2) is 15.3 Å². The third-order valence-corrected chi connectivity index (χ3v) is 2.39. The van der Waals surface area contributed by atoms with Crippen molar-refractivity contribution in [1.29, 1.82) is 0 Å². The van der Waals surface area contributed by atoms with E-state index in [1.54, 1.807) is 24.3 Å². The van der Waals surface area contributed by atoms with Gasteiger partial charge < -0.3 is 5.11 Å². The first-order valence-corrected chi connectivity index (χ1v) is 5.09. The fraction of sp³-hybridized carbons (Fsp3) is 0.167. The van der Waals surface area contributed by atoms with Gasteiger partial charge in [0, 0.05) is 11.6 Å². The number of rotatable bonds is 1. The summed E-state index contributed by atoms with van der Waals surface area (Å²) in [5.41, 5.74) is 0.330. The van der Waals surface area contributed by atoms with E-state index < -0.39 is 17.6 Å². The molecular formula is C12H9F3N2O. The van der Waals surface area contributed by atoms with E-state index in [0.29, 0.717) is 11.6 Å². The van der Waals surface area contributed by atoms with E-state index in [-0.39, 0.29) is 5.69 Å². The Morgan fingerprint density at radius 2 is 1.67 bits per heavy atom. The second-order valence-electron chi connectivity index (χ2n) is 3.83. The highest BCUT2D eigenvalue weighted by Crippen LogP contribution is 2.33. The van der Waals surface area contributed by atoms with Gasteiger partial charge in [-0.15, -0.1) is 10.2 Å². The van der Waals surface area contributed by atoms with E-state index in [9.17, 15) is 18.3 Å². The van der Waals surface area contributed by atoms with E-state index in [1.165, 1.54) is 0 Å². The summed E-state index contributed by atoms with van der Waals surface area (Å²) in [4.78, 5) is 0. The molecule has 0 aliphatic heterocycles. The fourth-order valence-electron chi connectivity index (χ4n) is 1.44. The monoisotopic (exact) mass is 254 g/mol. The van der Waals surface area contributed by atoms with Crippen LogP contribution in [0, 0.1) is 6.92 Å². The van der Waals surface area contributed by atoms with Crippen molar-refractivity contribution < 1.29 is 18.3 Å². The van der Waals surface area contributed by atoms with Gasteiger partial charge in [-0.2, -0.15) is 13.2 Å². The van der Waals surface area contributed by atoms with Gasteiger partial charge in [0.2, 0.25) is 0 Å². The Balaban J connectivity index is 2.45. The number of alkyl halides is 3. The summed E-state index contributed by atoms with van der Waals surface area (Å²) < 4.78 is 37.0. The first-order chi connectivity index (χ1) is 8.38. The average molecular weight is 254 g/mol. The normalized spacial score (nSPS) is 11.6. The number of nitrogens with zero attached hydrogens (tertiary/aromatic N) is 2. The van der Waals surface area contributed by atoms with E-state index in [4.69, 9.17) is 0 Å². The quantitative estimate of drug-likeness (QED) is 0.850. The topological polar surface area (TPSA) is 46.0 Å². The van der Waals surface area contributed by atoms with Crippen molar-refractivity contribution in [2.24, 2.45) is 0 Å². The summed E-state index contributed by atoms with van der Waals surface area (Å²) in [5, 5.41) is 16.1. The summed E-state index contributed by atoms with van der Waals surface area (Å²) in [6, 6.07) is 7.43. The minimum atomic E-state index is -4.61.